The van der Waals surface area contributed by atoms with Crippen molar-refractivity contribution in [2.75, 3.05) is 26.7 Å². The molecule has 22 heavy (non-hydrogen) atoms. The standard InChI is InChI=1S/C16H24ClN3O2/c1-12(22-14-7-5-13(17)6-8-14)10-19-16(18-2)20-11-15-4-3-9-21-15/h5-8,12,15H,3-4,9-11H2,1-2H3,(H2,18,19,20). The predicted octanol–water partition coefficient (Wildman–Crippen LogP) is 2.45. The normalized spacial score (nSPS) is 19.8. The summed E-state index contributed by atoms with van der Waals surface area (Å²) in [5, 5.41) is 7.24. The van der Waals surface area contributed by atoms with E-state index in [9.17, 15) is 0 Å². The summed E-state index contributed by atoms with van der Waals surface area (Å²) in [6.07, 6.45) is 2.56. The number of rotatable bonds is 6. The zero-order valence-corrected chi connectivity index (χ0v) is 13.9. The fraction of sp³-hybridized carbons (Fsp3) is 0.562. The third-order valence-electron chi connectivity index (χ3n) is 3.45. The van der Waals surface area contributed by atoms with Crippen molar-refractivity contribution in [1.82, 2.24) is 10.6 Å². The summed E-state index contributed by atoms with van der Waals surface area (Å²) < 4.78 is 11.4. The minimum Gasteiger partial charge on any atom is -0.489 e. The molecule has 6 heteroatoms. The molecule has 0 amide bonds. The van der Waals surface area contributed by atoms with Crippen LogP contribution in [0, 0.1) is 0 Å². The first-order valence-corrected chi connectivity index (χ1v) is 8.03. The number of halogens is 1. The zero-order chi connectivity index (χ0) is 15.8. The quantitative estimate of drug-likeness (QED) is 0.623. The van der Waals surface area contributed by atoms with Crippen LogP contribution in [0.5, 0.6) is 5.75 Å². The highest BCUT2D eigenvalue weighted by molar-refractivity contribution is 6.30. The Morgan fingerprint density at radius 3 is 2.82 bits per heavy atom. The molecule has 0 radical (unpaired) electrons. The van der Waals surface area contributed by atoms with Gasteiger partial charge in [0, 0.05) is 25.2 Å². The second-order valence-corrected chi connectivity index (χ2v) is 5.79. The van der Waals surface area contributed by atoms with Crippen molar-refractivity contribution in [3.05, 3.63) is 29.3 Å². The third kappa shape index (κ3) is 5.73. The van der Waals surface area contributed by atoms with Gasteiger partial charge in [0.15, 0.2) is 5.96 Å². The number of nitrogens with one attached hydrogen (secondary N) is 2. The molecule has 122 valence electrons. The van der Waals surface area contributed by atoms with Gasteiger partial charge in [-0.05, 0) is 44.0 Å². The molecule has 0 aliphatic carbocycles. The molecule has 2 unspecified atom stereocenters. The maximum absolute atomic E-state index is 5.86. The second-order valence-electron chi connectivity index (χ2n) is 5.35. The topological polar surface area (TPSA) is 54.9 Å². The molecule has 1 aliphatic rings. The Hall–Kier alpha value is -1.46. The van der Waals surface area contributed by atoms with Crippen molar-refractivity contribution < 1.29 is 9.47 Å². The van der Waals surface area contributed by atoms with Crippen molar-refractivity contribution in [3.63, 3.8) is 0 Å². The van der Waals surface area contributed by atoms with Gasteiger partial charge in [-0.15, -0.1) is 0 Å². The van der Waals surface area contributed by atoms with Crippen LogP contribution in [0.1, 0.15) is 19.8 Å². The lowest BCUT2D eigenvalue weighted by Gasteiger charge is -2.19. The third-order valence-corrected chi connectivity index (χ3v) is 3.70. The van der Waals surface area contributed by atoms with E-state index >= 15 is 0 Å². The molecule has 1 aliphatic heterocycles. The SMILES string of the molecule is CN=C(NCC(C)Oc1ccc(Cl)cc1)NCC1CCCO1. The molecule has 2 N–H and O–H groups in total. The molecule has 1 heterocycles. The van der Waals surface area contributed by atoms with Gasteiger partial charge in [0.25, 0.3) is 0 Å². The minimum absolute atomic E-state index is 0.0162. The fourth-order valence-corrected chi connectivity index (χ4v) is 2.39. The lowest BCUT2D eigenvalue weighted by Crippen LogP contribution is -2.44. The predicted molar refractivity (Wildman–Crippen MR) is 89.9 cm³/mol. The second kappa shape index (κ2) is 8.86. The van der Waals surface area contributed by atoms with Crippen LogP contribution in [0.4, 0.5) is 0 Å². The van der Waals surface area contributed by atoms with E-state index in [0.717, 1.165) is 37.7 Å². The van der Waals surface area contributed by atoms with Crippen LogP contribution in [-0.2, 0) is 4.74 Å². The Morgan fingerprint density at radius 2 is 2.18 bits per heavy atom. The van der Waals surface area contributed by atoms with E-state index in [0.29, 0.717) is 17.7 Å². The molecule has 5 nitrogen and oxygen atoms in total. The van der Waals surface area contributed by atoms with Gasteiger partial charge in [0.2, 0.25) is 0 Å². The summed E-state index contributed by atoms with van der Waals surface area (Å²) in [6.45, 7) is 4.32. The Kier molecular flexibility index (Phi) is 6.80. The highest BCUT2D eigenvalue weighted by Gasteiger charge is 2.15. The molecule has 0 bridgehead atoms. The Labute approximate surface area is 137 Å². The van der Waals surface area contributed by atoms with E-state index in [2.05, 4.69) is 15.6 Å². The number of hydrogen-bond donors (Lipinski definition) is 2. The minimum atomic E-state index is 0.0162. The van der Waals surface area contributed by atoms with Crippen molar-refractivity contribution in [2.45, 2.75) is 32.0 Å². The van der Waals surface area contributed by atoms with E-state index < -0.39 is 0 Å². The molecule has 0 aromatic heterocycles. The van der Waals surface area contributed by atoms with Crippen molar-refractivity contribution >= 4 is 17.6 Å². The summed E-state index contributed by atoms with van der Waals surface area (Å²) in [5.41, 5.74) is 0. The number of hydrogen-bond acceptors (Lipinski definition) is 3. The summed E-state index contributed by atoms with van der Waals surface area (Å²) in [5.74, 6) is 1.57. The smallest absolute Gasteiger partial charge is 0.191 e. The summed E-state index contributed by atoms with van der Waals surface area (Å²) in [6, 6.07) is 7.37. The van der Waals surface area contributed by atoms with E-state index in [1.54, 1.807) is 7.05 Å². The first kappa shape index (κ1) is 16.9. The fourth-order valence-electron chi connectivity index (χ4n) is 2.26. The molecule has 0 saturated carbocycles. The van der Waals surface area contributed by atoms with Crippen molar-refractivity contribution in [2.24, 2.45) is 4.99 Å². The van der Waals surface area contributed by atoms with Crippen LogP contribution in [0.3, 0.4) is 0 Å². The van der Waals surface area contributed by atoms with Gasteiger partial charge in [-0.25, -0.2) is 0 Å². The number of nitrogens with zero attached hydrogens (tertiary/aromatic N) is 1. The highest BCUT2D eigenvalue weighted by Crippen LogP contribution is 2.16. The maximum atomic E-state index is 5.86. The molecule has 2 rings (SSSR count). The molecule has 1 aromatic rings. The number of benzene rings is 1. The first-order chi connectivity index (χ1) is 10.7. The molecule has 1 aromatic carbocycles. The molecule has 2 atom stereocenters. The van der Waals surface area contributed by atoms with Gasteiger partial charge < -0.3 is 20.1 Å². The van der Waals surface area contributed by atoms with Crippen molar-refractivity contribution in [3.8, 4) is 5.75 Å². The Bertz CT molecular complexity index is 473. The highest BCUT2D eigenvalue weighted by atomic mass is 35.5. The lowest BCUT2D eigenvalue weighted by atomic mass is 10.2. The number of guanidine groups is 1. The molecule has 1 saturated heterocycles. The first-order valence-electron chi connectivity index (χ1n) is 7.65. The van der Waals surface area contributed by atoms with E-state index in [-0.39, 0.29) is 6.10 Å². The lowest BCUT2D eigenvalue weighted by molar-refractivity contribution is 0.113. The van der Waals surface area contributed by atoms with Gasteiger partial charge in [-0.1, -0.05) is 11.6 Å². The number of aliphatic imine (C=N–C) groups is 1. The van der Waals surface area contributed by atoms with Crippen LogP contribution in [0.25, 0.3) is 0 Å². The van der Waals surface area contributed by atoms with Crippen LogP contribution in [0.15, 0.2) is 29.3 Å². The molecule has 1 fully saturated rings. The van der Waals surface area contributed by atoms with Gasteiger partial charge in [0.05, 0.1) is 12.6 Å². The van der Waals surface area contributed by atoms with E-state index in [1.807, 2.05) is 31.2 Å². The monoisotopic (exact) mass is 325 g/mol. The van der Waals surface area contributed by atoms with Gasteiger partial charge in [0.1, 0.15) is 11.9 Å². The average molecular weight is 326 g/mol. The van der Waals surface area contributed by atoms with Gasteiger partial charge in [-0.3, -0.25) is 4.99 Å². The summed E-state index contributed by atoms with van der Waals surface area (Å²) in [7, 11) is 1.76. The Morgan fingerprint density at radius 1 is 1.41 bits per heavy atom. The molecular formula is C16H24ClN3O2. The van der Waals surface area contributed by atoms with Crippen LogP contribution in [0.2, 0.25) is 5.02 Å². The van der Waals surface area contributed by atoms with Gasteiger partial charge >= 0.3 is 0 Å². The zero-order valence-electron chi connectivity index (χ0n) is 13.1. The number of ether oxygens (including phenoxy) is 2. The Balaban J connectivity index is 1.69. The molecule has 0 spiro atoms. The largest absolute Gasteiger partial charge is 0.489 e. The van der Waals surface area contributed by atoms with E-state index in [4.69, 9.17) is 21.1 Å². The van der Waals surface area contributed by atoms with Crippen LogP contribution < -0.4 is 15.4 Å². The van der Waals surface area contributed by atoms with Crippen LogP contribution in [-0.4, -0.2) is 44.9 Å². The maximum Gasteiger partial charge on any atom is 0.191 e. The van der Waals surface area contributed by atoms with Crippen LogP contribution >= 0.6 is 11.6 Å². The van der Waals surface area contributed by atoms with E-state index in [1.165, 1.54) is 0 Å². The van der Waals surface area contributed by atoms with Gasteiger partial charge in [-0.2, -0.15) is 0 Å². The summed E-state index contributed by atoms with van der Waals surface area (Å²) >= 11 is 5.86. The molecular weight excluding hydrogens is 302 g/mol. The van der Waals surface area contributed by atoms with Crippen molar-refractivity contribution in [1.29, 1.82) is 0 Å². The summed E-state index contributed by atoms with van der Waals surface area (Å²) in [4.78, 5) is 4.21. The average Bonchev–Trinajstić information content (AvgIpc) is 3.03.